The van der Waals surface area contributed by atoms with E-state index in [1.54, 1.807) is 50.5 Å². The van der Waals surface area contributed by atoms with E-state index in [0.29, 0.717) is 43.1 Å². The van der Waals surface area contributed by atoms with Crippen LogP contribution in [0.2, 0.25) is 26.2 Å². The van der Waals surface area contributed by atoms with Crippen LogP contribution in [0.1, 0.15) is 62.8 Å². The molecule has 13 nitrogen and oxygen atoms in total. The van der Waals surface area contributed by atoms with Crippen molar-refractivity contribution in [2.45, 2.75) is 85.7 Å². The van der Waals surface area contributed by atoms with Gasteiger partial charge in [0, 0.05) is 35.3 Å². The van der Waals surface area contributed by atoms with Crippen LogP contribution in [-0.4, -0.2) is 60.6 Å². The average molecular weight is 843 g/mol. The van der Waals surface area contributed by atoms with E-state index in [1.807, 2.05) is 100 Å². The van der Waals surface area contributed by atoms with Crippen molar-refractivity contribution in [1.82, 2.24) is 0 Å². The van der Waals surface area contributed by atoms with E-state index < -0.39 is 35.4 Å². The van der Waals surface area contributed by atoms with Gasteiger partial charge in [0.15, 0.2) is 0 Å². The summed E-state index contributed by atoms with van der Waals surface area (Å²) in [5.41, 5.74) is 6.72. The molecule has 0 heterocycles. The number of hydrogen-bond acceptors (Lipinski definition) is 9. The van der Waals surface area contributed by atoms with Crippen molar-refractivity contribution in [3.8, 4) is 0 Å². The first kappa shape index (κ1) is 46.2. The average Bonchev–Trinajstić information content (AvgIpc) is 3.15. The summed E-state index contributed by atoms with van der Waals surface area (Å²) in [5, 5.41) is 11.1. The lowest BCUT2D eigenvalue weighted by atomic mass is 10.0. The van der Waals surface area contributed by atoms with E-state index in [0.717, 1.165) is 40.8 Å². The molecule has 0 aliphatic heterocycles. The lowest BCUT2D eigenvalue weighted by molar-refractivity contribution is -0.118. The van der Waals surface area contributed by atoms with Gasteiger partial charge < -0.3 is 27.8 Å². The molecule has 0 fully saturated rings. The molecule has 0 bridgehead atoms. The Bertz CT molecular complexity index is 1970. The number of amides is 4. The lowest BCUT2D eigenvalue weighted by Crippen LogP contribution is -2.51. The van der Waals surface area contributed by atoms with Crippen molar-refractivity contribution in [1.29, 1.82) is 0 Å². The normalized spacial score (nSPS) is 11.5. The second-order valence-electron chi connectivity index (χ2n) is 15.6. The van der Waals surface area contributed by atoms with E-state index >= 15 is 0 Å². The summed E-state index contributed by atoms with van der Waals surface area (Å²) in [6, 6.07) is 30.1. The number of hydrogen-bond donors (Lipinski definition) is 4. The second-order valence-corrected chi connectivity index (χ2v) is 22.4. The number of carbonyl (C=O) groups is 4. The van der Waals surface area contributed by atoms with Crippen LogP contribution < -0.4 is 21.3 Å². The van der Waals surface area contributed by atoms with E-state index in [2.05, 4.69) is 21.3 Å². The van der Waals surface area contributed by atoms with Crippen LogP contribution in [0.25, 0.3) is 0 Å². The molecule has 0 unspecified atom stereocenters. The van der Waals surface area contributed by atoms with Gasteiger partial charge >= 0.3 is 35.4 Å². The Kier molecular flexibility index (Phi) is 17.3. The van der Waals surface area contributed by atoms with Gasteiger partial charge in [0.2, 0.25) is 5.91 Å². The zero-order chi connectivity index (χ0) is 43.0. The summed E-state index contributed by atoms with van der Waals surface area (Å²) in [5.74, 6) is -0.119. The number of anilines is 4. The molecule has 0 radical (unpaired) electrons. The van der Waals surface area contributed by atoms with Gasteiger partial charge in [-0.05, 0) is 137 Å². The van der Waals surface area contributed by atoms with E-state index in [4.69, 9.17) is 22.4 Å². The SMILES string of the molecule is CC(C)OCCCCOC(=O)Nc1ccc(Cc2ccc(NC(=O)O[Si](C)(C)O[Si](C)(C)OC(=O)Nc3ccc(Cc4ccc(NC(=O)C(C)C)cc4)cc3)cc2)cc1. The molecule has 4 amide bonds. The Labute approximate surface area is 350 Å². The maximum absolute atomic E-state index is 12.9. The molecule has 0 aromatic heterocycles. The number of ether oxygens (including phenoxy) is 2. The molecule has 316 valence electrons. The Hall–Kier alpha value is -5.49. The zero-order valence-electron chi connectivity index (χ0n) is 35.3. The fraction of sp³-hybridized carbons (Fsp3) is 0.364. The van der Waals surface area contributed by atoms with Gasteiger partial charge in [0.25, 0.3) is 0 Å². The van der Waals surface area contributed by atoms with E-state index in [1.165, 1.54) is 0 Å². The summed E-state index contributed by atoms with van der Waals surface area (Å²) in [4.78, 5) is 49.8. The summed E-state index contributed by atoms with van der Waals surface area (Å²) in [6.07, 6.45) is 1.27. The number of nitrogens with one attached hydrogen (secondary N) is 4. The molecular formula is C44H58N4O9Si2. The van der Waals surface area contributed by atoms with Crippen LogP contribution in [0.4, 0.5) is 37.1 Å². The maximum Gasteiger partial charge on any atom is 0.411 e. The molecule has 4 N–H and O–H groups in total. The fourth-order valence-electron chi connectivity index (χ4n) is 5.79. The van der Waals surface area contributed by atoms with Crippen molar-refractivity contribution in [3.05, 3.63) is 119 Å². The van der Waals surface area contributed by atoms with Gasteiger partial charge in [-0.25, -0.2) is 14.4 Å². The first-order valence-corrected chi connectivity index (χ1v) is 25.5. The molecule has 0 aliphatic carbocycles. The highest BCUT2D eigenvalue weighted by Gasteiger charge is 2.41. The molecule has 0 aliphatic rings. The minimum absolute atomic E-state index is 0.0262. The molecule has 4 aromatic carbocycles. The van der Waals surface area contributed by atoms with Crippen LogP contribution >= 0.6 is 0 Å². The van der Waals surface area contributed by atoms with Crippen molar-refractivity contribution in [2.75, 3.05) is 34.5 Å². The van der Waals surface area contributed by atoms with Crippen LogP contribution in [0.5, 0.6) is 0 Å². The van der Waals surface area contributed by atoms with Gasteiger partial charge in [-0.2, -0.15) is 0 Å². The lowest BCUT2D eigenvalue weighted by Gasteiger charge is -2.31. The van der Waals surface area contributed by atoms with Gasteiger partial charge in [0.05, 0.1) is 12.7 Å². The molecule has 15 heteroatoms. The van der Waals surface area contributed by atoms with Crippen molar-refractivity contribution in [2.24, 2.45) is 5.92 Å². The van der Waals surface area contributed by atoms with Gasteiger partial charge in [0.1, 0.15) is 0 Å². The largest absolute Gasteiger partial charge is 0.479 e. The predicted octanol–water partition coefficient (Wildman–Crippen LogP) is 10.4. The van der Waals surface area contributed by atoms with Crippen LogP contribution in [-0.2, 0) is 40.1 Å². The highest BCUT2D eigenvalue weighted by Crippen LogP contribution is 2.22. The molecule has 0 spiro atoms. The monoisotopic (exact) mass is 842 g/mol. The number of carbonyl (C=O) groups excluding carboxylic acids is 4. The predicted molar refractivity (Wildman–Crippen MR) is 236 cm³/mol. The summed E-state index contributed by atoms with van der Waals surface area (Å²) in [7, 11) is -6.16. The Morgan fingerprint density at radius 1 is 0.492 bits per heavy atom. The summed E-state index contributed by atoms with van der Waals surface area (Å²) < 4.78 is 28.3. The third-order valence-electron chi connectivity index (χ3n) is 8.55. The van der Waals surface area contributed by atoms with E-state index in [9.17, 15) is 19.2 Å². The van der Waals surface area contributed by atoms with Gasteiger partial charge in [-0.1, -0.05) is 62.4 Å². The second kappa shape index (κ2) is 22.0. The highest BCUT2D eigenvalue weighted by molar-refractivity contribution is 6.80. The van der Waals surface area contributed by atoms with Crippen molar-refractivity contribution >= 4 is 64.1 Å². The molecular weight excluding hydrogens is 785 g/mol. The first-order valence-electron chi connectivity index (χ1n) is 19.9. The number of unbranched alkanes of at least 4 members (excludes halogenated alkanes) is 1. The minimum atomic E-state index is -3.08. The minimum Gasteiger partial charge on any atom is -0.479 e. The Morgan fingerprint density at radius 2 is 0.831 bits per heavy atom. The van der Waals surface area contributed by atoms with Crippen molar-refractivity contribution in [3.63, 3.8) is 0 Å². The molecule has 4 rings (SSSR count). The highest BCUT2D eigenvalue weighted by atomic mass is 28.5. The molecule has 0 saturated carbocycles. The number of rotatable bonds is 19. The quantitative estimate of drug-likeness (QED) is 0.0532. The third-order valence-corrected chi connectivity index (χ3v) is 13.8. The topological polar surface area (TPSA) is 163 Å². The molecule has 59 heavy (non-hydrogen) atoms. The summed E-state index contributed by atoms with van der Waals surface area (Å²) >= 11 is 0. The molecule has 0 saturated heterocycles. The molecule has 4 aromatic rings. The first-order chi connectivity index (χ1) is 27.9. The zero-order valence-corrected chi connectivity index (χ0v) is 37.3. The molecule has 0 atom stereocenters. The Balaban J connectivity index is 1.16. The smallest absolute Gasteiger partial charge is 0.411 e. The van der Waals surface area contributed by atoms with Crippen LogP contribution in [0, 0.1) is 5.92 Å². The van der Waals surface area contributed by atoms with Gasteiger partial charge in [-0.15, -0.1) is 0 Å². The standard InChI is InChI=1S/C44H58N4O9Si2/c1-31(2)41(49)45-37-19-11-33(12-20-37)29-35-15-23-39(24-16-35)47-43(51)55-58(5,6)57-59(7,8)56-44(52)48-40-25-17-36(18-26-40)30-34-13-21-38(22-14-34)46-42(50)54-28-10-9-27-53-32(3)4/h11-26,31-32H,9-10,27-30H2,1-8H3,(H,45,49)(H,46,50)(H,47,51)(H,48,52). The fourth-order valence-corrected chi connectivity index (χ4v) is 11.9. The van der Waals surface area contributed by atoms with Crippen molar-refractivity contribution < 1.29 is 41.6 Å². The van der Waals surface area contributed by atoms with Crippen LogP contribution in [0.3, 0.4) is 0 Å². The Morgan fingerprint density at radius 3 is 1.19 bits per heavy atom. The number of benzene rings is 4. The maximum atomic E-state index is 12.9. The van der Waals surface area contributed by atoms with Crippen LogP contribution in [0.15, 0.2) is 97.1 Å². The van der Waals surface area contributed by atoms with Gasteiger partial charge in [-0.3, -0.25) is 20.7 Å². The summed E-state index contributed by atoms with van der Waals surface area (Å²) in [6.45, 7) is 15.5. The van der Waals surface area contributed by atoms with E-state index in [-0.39, 0.29) is 17.9 Å². The third kappa shape index (κ3) is 17.5.